The predicted octanol–water partition coefficient (Wildman–Crippen LogP) is 1.98. The van der Waals surface area contributed by atoms with E-state index in [9.17, 15) is 9.59 Å². The van der Waals surface area contributed by atoms with Crippen molar-refractivity contribution in [3.8, 4) is 0 Å². The van der Waals surface area contributed by atoms with Crippen molar-refractivity contribution in [2.45, 2.75) is 19.9 Å². The molecule has 2 amide bonds. The number of hydrogen-bond donors (Lipinski definition) is 1. The lowest BCUT2D eigenvalue weighted by Gasteiger charge is -2.37. The van der Waals surface area contributed by atoms with E-state index in [0.717, 1.165) is 0 Å². The van der Waals surface area contributed by atoms with Gasteiger partial charge in [-0.2, -0.15) is 0 Å². The Morgan fingerprint density at radius 2 is 2.15 bits per heavy atom. The predicted molar refractivity (Wildman–Crippen MR) is 76.9 cm³/mol. The maximum Gasteiger partial charge on any atom is 0.274 e. The lowest BCUT2D eigenvalue weighted by atomic mass is 9.99. The molecule has 0 aliphatic carbocycles. The van der Waals surface area contributed by atoms with E-state index < -0.39 is 6.04 Å². The molecule has 108 valence electrons. The van der Waals surface area contributed by atoms with Gasteiger partial charge in [0.25, 0.3) is 5.91 Å². The van der Waals surface area contributed by atoms with E-state index >= 15 is 0 Å². The Bertz CT molecular complexity index is 548. The highest BCUT2D eigenvalue weighted by Gasteiger charge is 2.36. The monoisotopic (exact) mass is 315 g/mol. The summed E-state index contributed by atoms with van der Waals surface area (Å²) in [4.78, 5) is 30.0. The lowest BCUT2D eigenvalue weighted by molar-refractivity contribution is -0.129. The lowest BCUT2D eigenvalue weighted by Crippen LogP contribution is -2.59. The van der Waals surface area contributed by atoms with Crippen LogP contribution in [0.2, 0.25) is 10.2 Å². The second-order valence-corrected chi connectivity index (χ2v) is 5.74. The van der Waals surface area contributed by atoms with Gasteiger partial charge in [-0.15, -0.1) is 0 Å². The molecule has 0 bridgehead atoms. The molecule has 1 aromatic heterocycles. The van der Waals surface area contributed by atoms with E-state index in [2.05, 4.69) is 10.3 Å². The molecule has 0 aromatic carbocycles. The minimum atomic E-state index is -0.520. The largest absolute Gasteiger partial charge is 0.353 e. The van der Waals surface area contributed by atoms with Crippen LogP contribution in [0.1, 0.15) is 24.3 Å². The summed E-state index contributed by atoms with van der Waals surface area (Å²) in [5.41, 5.74) is 0.0829. The van der Waals surface area contributed by atoms with Crippen molar-refractivity contribution < 1.29 is 9.59 Å². The Labute approximate surface area is 127 Å². The summed E-state index contributed by atoms with van der Waals surface area (Å²) in [5, 5.41) is 3.19. The second kappa shape index (κ2) is 5.97. The molecule has 1 aliphatic heterocycles. The summed E-state index contributed by atoms with van der Waals surface area (Å²) in [5.74, 6) is -0.527. The third-order valence-corrected chi connectivity index (χ3v) is 3.68. The molecule has 7 heteroatoms. The number of carbonyl (C=O) groups excluding carboxylic acids is 2. The summed E-state index contributed by atoms with van der Waals surface area (Å²) in [6.45, 7) is 4.63. The molecule has 2 heterocycles. The number of nitrogens with one attached hydrogen (secondary N) is 1. The fourth-order valence-corrected chi connectivity index (χ4v) is 2.61. The molecule has 1 fully saturated rings. The first kappa shape index (κ1) is 15.1. The van der Waals surface area contributed by atoms with Crippen LogP contribution < -0.4 is 5.32 Å². The molecule has 5 nitrogen and oxygen atoms in total. The molecule has 1 N–H and O–H groups in total. The molecular formula is C13H15Cl2N3O2. The number of carbonyl (C=O) groups is 2. The SMILES string of the molecule is CC(C)[C@@H]1C(=O)NCCN1C(=O)c1nc(Cl)ccc1Cl. The summed E-state index contributed by atoms with van der Waals surface area (Å²) < 4.78 is 0. The topological polar surface area (TPSA) is 62.3 Å². The van der Waals surface area contributed by atoms with Gasteiger partial charge < -0.3 is 10.2 Å². The molecule has 1 saturated heterocycles. The Hall–Kier alpha value is -1.33. The highest BCUT2D eigenvalue weighted by atomic mass is 35.5. The van der Waals surface area contributed by atoms with Crippen molar-refractivity contribution in [2.75, 3.05) is 13.1 Å². The number of nitrogens with zero attached hydrogens (tertiary/aromatic N) is 2. The fraction of sp³-hybridized carbons (Fsp3) is 0.462. The number of pyridine rings is 1. The van der Waals surface area contributed by atoms with Crippen LogP contribution in [0, 0.1) is 5.92 Å². The van der Waals surface area contributed by atoms with Gasteiger partial charge in [0.05, 0.1) is 5.02 Å². The van der Waals surface area contributed by atoms with Crippen molar-refractivity contribution in [3.05, 3.63) is 28.0 Å². The van der Waals surface area contributed by atoms with Gasteiger partial charge in [0.15, 0.2) is 0 Å². The number of aromatic nitrogens is 1. The van der Waals surface area contributed by atoms with E-state index in [-0.39, 0.29) is 33.6 Å². The van der Waals surface area contributed by atoms with Gasteiger partial charge in [0.1, 0.15) is 16.9 Å². The summed E-state index contributed by atoms with van der Waals surface area (Å²) in [7, 11) is 0. The van der Waals surface area contributed by atoms with E-state index in [4.69, 9.17) is 23.2 Å². The van der Waals surface area contributed by atoms with Gasteiger partial charge in [-0.05, 0) is 18.1 Å². The zero-order valence-corrected chi connectivity index (χ0v) is 12.7. The van der Waals surface area contributed by atoms with Crippen LogP contribution in [0.5, 0.6) is 0 Å². The van der Waals surface area contributed by atoms with Crippen molar-refractivity contribution in [2.24, 2.45) is 5.92 Å². The Kier molecular flexibility index (Phi) is 4.50. The molecule has 0 radical (unpaired) electrons. The third-order valence-electron chi connectivity index (χ3n) is 3.16. The van der Waals surface area contributed by atoms with Gasteiger partial charge in [-0.25, -0.2) is 4.98 Å². The van der Waals surface area contributed by atoms with Gasteiger partial charge in [-0.1, -0.05) is 37.0 Å². The van der Waals surface area contributed by atoms with Gasteiger partial charge >= 0.3 is 0 Å². The maximum absolute atomic E-state index is 12.6. The first-order valence-electron chi connectivity index (χ1n) is 6.32. The van der Waals surface area contributed by atoms with Crippen LogP contribution in [0.3, 0.4) is 0 Å². The number of hydrogen-bond acceptors (Lipinski definition) is 3. The molecule has 2 rings (SSSR count). The minimum absolute atomic E-state index is 0.00258. The highest BCUT2D eigenvalue weighted by molar-refractivity contribution is 6.34. The number of rotatable bonds is 2. The molecule has 0 unspecified atom stereocenters. The van der Waals surface area contributed by atoms with Gasteiger partial charge in [0, 0.05) is 13.1 Å². The highest BCUT2D eigenvalue weighted by Crippen LogP contribution is 2.22. The van der Waals surface area contributed by atoms with Gasteiger partial charge in [-0.3, -0.25) is 9.59 Å². The molecule has 1 atom stereocenters. The zero-order chi connectivity index (χ0) is 14.9. The summed E-state index contributed by atoms with van der Waals surface area (Å²) in [6, 6.07) is 2.52. The van der Waals surface area contributed by atoms with Crippen molar-refractivity contribution in [3.63, 3.8) is 0 Å². The average molecular weight is 316 g/mol. The van der Waals surface area contributed by atoms with Crippen LogP contribution >= 0.6 is 23.2 Å². The van der Waals surface area contributed by atoms with Crippen LogP contribution in [0.4, 0.5) is 0 Å². The maximum atomic E-state index is 12.6. The Morgan fingerprint density at radius 1 is 1.45 bits per heavy atom. The average Bonchev–Trinajstić information content (AvgIpc) is 2.40. The molecule has 1 aromatic rings. The van der Waals surface area contributed by atoms with Crippen LogP contribution in [-0.4, -0.2) is 40.8 Å². The number of halogens is 2. The smallest absolute Gasteiger partial charge is 0.274 e. The first-order valence-corrected chi connectivity index (χ1v) is 7.08. The molecule has 0 saturated carbocycles. The van der Waals surface area contributed by atoms with E-state index in [1.54, 1.807) is 0 Å². The van der Waals surface area contributed by atoms with E-state index in [1.165, 1.54) is 17.0 Å². The minimum Gasteiger partial charge on any atom is -0.353 e. The molecule has 0 spiro atoms. The van der Waals surface area contributed by atoms with Crippen LogP contribution in [-0.2, 0) is 4.79 Å². The molecule has 20 heavy (non-hydrogen) atoms. The van der Waals surface area contributed by atoms with Gasteiger partial charge in [0.2, 0.25) is 5.91 Å². The number of piperazine rings is 1. The van der Waals surface area contributed by atoms with Crippen molar-refractivity contribution >= 4 is 35.0 Å². The van der Waals surface area contributed by atoms with Crippen LogP contribution in [0.15, 0.2) is 12.1 Å². The standard InChI is InChI=1S/C13H15Cl2N3O2/c1-7(2)11-12(19)16-5-6-18(11)13(20)10-8(14)3-4-9(15)17-10/h3-4,7,11H,5-6H2,1-2H3,(H,16,19)/t11-/m1/s1. The quantitative estimate of drug-likeness (QED) is 0.849. The summed E-state index contributed by atoms with van der Waals surface area (Å²) >= 11 is 11.8. The number of amides is 2. The molecule has 1 aliphatic rings. The van der Waals surface area contributed by atoms with Crippen molar-refractivity contribution in [1.29, 1.82) is 0 Å². The first-order chi connectivity index (χ1) is 9.41. The zero-order valence-electron chi connectivity index (χ0n) is 11.2. The van der Waals surface area contributed by atoms with E-state index in [0.29, 0.717) is 13.1 Å². The van der Waals surface area contributed by atoms with E-state index in [1.807, 2.05) is 13.8 Å². The Morgan fingerprint density at radius 3 is 2.80 bits per heavy atom. The Balaban J connectivity index is 2.35. The van der Waals surface area contributed by atoms with Crippen molar-refractivity contribution in [1.82, 2.24) is 15.2 Å². The molecular weight excluding hydrogens is 301 g/mol. The summed E-state index contributed by atoms with van der Waals surface area (Å²) in [6.07, 6.45) is 0. The van der Waals surface area contributed by atoms with Crippen LogP contribution in [0.25, 0.3) is 0 Å². The normalized spacial score (nSPS) is 19.1. The third kappa shape index (κ3) is 2.88. The fourth-order valence-electron chi connectivity index (χ4n) is 2.28. The second-order valence-electron chi connectivity index (χ2n) is 4.94.